The van der Waals surface area contributed by atoms with Crippen molar-refractivity contribution in [1.82, 2.24) is 5.32 Å². The van der Waals surface area contributed by atoms with Gasteiger partial charge in [-0.2, -0.15) is 0 Å². The van der Waals surface area contributed by atoms with E-state index in [1.54, 1.807) is 6.07 Å². The van der Waals surface area contributed by atoms with Crippen LogP contribution in [-0.2, 0) is 6.54 Å². The Morgan fingerprint density at radius 1 is 1.07 bits per heavy atom. The van der Waals surface area contributed by atoms with Gasteiger partial charge in [-0.1, -0.05) is 19.8 Å². The summed E-state index contributed by atoms with van der Waals surface area (Å²) in [5.41, 5.74) is 14.0. The van der Waals surface area contributed by atoms with Crippen LogP contribution in [-0.4, -0.2) is 6.54 Å². The lowest BCUT2D eigenvalue weighted by Crippen LogP contribution is -2.14. The smallest absolute Gasteiger partial charge is 0.0337 e. The molecule has 0 unspecified atom stereocenters. The van der Waals surface area contributed by atoms with E-state index in [-0.39, 0.29) is 0 Å². The van der Waals surface area contributed by atoms with Crippen LogP contribution in [0.5, 0.6) is 0 Å². The summed E-state index contributed by atoms with van der Waals surface area (Å²) in [5, 5.41) is 3.38. The van der Waals surface area contributed by atoms with E-state index in [9.17, 15) is 0 Å². The van der Waals surface area contributed by atoms with Crippen LogP contribution in [0.2, 0.25) is 0 Å². The van der Waals surface area contributed by atoms with Gasteiger partial charge in [0.2, 0.25) is 0 Å². The third-order valence-electron chi connectivity index (χ3n) is 2.32. The fourth-order valence-corrected chi connectivity index (χ4v) is 1.58. The Labute approximate surface area is 91.9 Å². The Kier molecular flexibility index (Phi) is 4.98. The van der Waals surface area contributed by atoms with Crippen LogP contribution in [0.3, 0.4) is 0 Å². The molecule has 1 rings (SSSR count). The van der Waals surface area contributed by atoms with Crippen molar-refractivity contribution in [1.29, 1.82) is 0 Å². The summed E-state index contributed by atoms with van der Waals surface area (Å²) in [6, 6.07) is 5.70. The minimum absolute atomic E-state index is 0.736. The molecule has 1 aromatic carbocycles. The second-order valence-corrected chi connectivity index (χ2v) is 3.89. The molecule has 0 saturated heterocycles. The second-order valence-electron chi connectivity index (χ2n) is 3.89. The van der Waals surface area contributed by atoms with E-state index < -0.39 is 0 Å². The monoisotopic (exact) mass is 207 g/mol. The molecule has 0 aliphatic rings. The van der Waals surface area contributed by atoms with Gasteiger partial charge in [0, 0.05) is 17.9 Å². The van der Waals surface area contributed by atoms with Crippen LogP contribution in [0.4, 0.5) is 11.4 Å². The summed E-state index contributed by atoms with van der Waals surface area (Å²) in [7, 11) is 0. The molecule has 15 heavy (non-hydrogen) atoms. The molecule has 3 heteroatoms. The zero-order valence-electron chi connectivity index (χ0n) is 9.42. The fourth-order valence-electron chi connectivity index (χ4n) is 1.58. The van der Waals surface area contributed by atoms with Crippen LogP contribution in [0.1, 0.15) is 31.7 Å². The van der Waals surface area contributed by atoms with Crippen LogP contribution in [0.15, 0.2) is 18.2 Å². The number of rotatable bonds is 6. The first-order chi connectivity index (χ1) is 7.22. The van der Waals surface area contributed by atoms with Gasteiger partial charge < -0.3 is 16.8 Å². The van der Waals surface area contributed by atoms with Crippen LogP contribution in [0, 0.1) is 0 Å². The third kappa shape index (κ3) is 4.70. The number of nitrogens with one attached hydrogen (secondary N) is 1. The molecule has 0 amide bonds. The predicted octanol–water partition coefficient (Wildman–Crippen LogP) is 2.13. The van der Waals surface area contributed by atoms with E-state index in [4.69, 9.17) is 11.5 Å². The first-order valence-corrected chi connectivity index (χ1v) is 5.58. The number of hydrogen-bond donors (Lipinski definition) is 3. The summed E-state index contributed by atoms with van der Waals surface area (Å²) < 4.78 is 0. The Hall–Kier alpha value is -1.22. The minimum atomic E-state index is 0.736. The van der Waals surface area contributed by atoms with E-state index in [2.05, 4.69) is 12.2 Å². The topological polar surface area (TPSA) is 64.1 Å². The normalized spacial score (nSPS) is 10.5. The first-order valence-electron chi connectivity index (χ1n) is 5.58. The Balaban J connectivity index is 2.31. The average Bonchev–Trinajstić information content (AvgIpc) is 2.16. The molecule has 0 aliphatic carbocycles. The maximum Gasteiger partial charge on any atom is 0.0337 e. The number of unbranched alkanes of at least 4 members (excludes halogenated alkanes) is 2. The molecule has 0 radical (unpaired) electrons. The van der Waals surface area contributed by atoms with Crippen LogP contribution >= 0.6 is 0 Å². The van der Waals surface area contributed by atoms with Gasteiger partial charge in [0.05, 0.1) is 0 Å². The van der Waals surface area contributed by atoms with Crippen molar-refractivity contribution in [3.05, 3.63) is 23.8 Å². The van der Waals surface area contributed by atoms with Crippen molar-refractivity contribution < 1.29 is 0 Å². The molecule has 5 N–H and O–H groups in total. The highest BCUT2D eigenvalue weighted by Gasteiger charge is 1.96. The standard InChI is InChI=1S/C12H21N3/c1-2-3-4-5-15-9-10-6-11(13)8-12(14)7-10/h6-8,15H,2-5,9,13-14H2,1H3. The van der Waals surface area contributed by atoms with Crippen molar-refractivity contribution >= 4 is 11.4 Å². The van der Waals surface area contributed by atoms with Crippen molar-refractivity contribution in [2.24, 2.45) is 0 Å². The maximum atomic E-state index is 5.70. The van der Waals surface area contributed by atoms with E-state index >= 15 is 0 Å². The molecule has 0 atom stereocenters. The van der Waals surface area contributed by atoms with Crippen LogP contribution in [0.25, 0.3) is 0 Å². The SMILES string of the molecule is CCCCCNCc1cc(N)cc(N)c1. The molecule has 0 heterocycles. The minimum Gasteiger partial charge on any atom is -0.399 e. The number of nitrogen functional groups attached to an aromatic ring is 2. The number of anilines is 2. The Bertz CT molecular complexity index is 277. The molecule has 0 bridgehead atoms. The lowest BCUT2D eigenvalue weighted by Gasteiger charge is -2.06. The summed E-state index contributed by atoms with van der Waals surface area (Å²) >= 11 is 0. The highest BCUT2D eigenvalue weighted by Crippen LogP contribution is 2.13. The van der Waals surface area contributed by atoms with E-state index in [0.717, 1.165) is 30.0 Å². The summed E-state index contributed by atoms with van der Waals surface area (Å²) in [4.78, 5) is 0. The van der Waals surface area contributed by atoms with Gasteiger partial charge in [-0.05, 0) is 36.7 Å². The van der Waals surface area contributed by atoms with Gasteiger partial charge in [0.1, 0.15) is 0 Å². The van der Waals surface area contributed by atoms with Crippen molar-refractivity contribution in [2.45, 2.75) is 32.7 Å². The maximum absolute atomic E-state index is 5.70. The number of nitrogens with two attached hydrogens (primary N) is 2. The summed E-state index contributed by atoms with van der Waals surface area (Å²) in [6.07, 6.45) is 3.77. The molecule has 1 aromatic rings. The molecular formula is C12H21N3. The van der Waals surface area contributed by atoms with Gasteiger partial charge in [-0.15, -0.1) is 0 Å². The average molecular weight is 207 g/mol. The number of hydrogen-bond acceptors (Lipinski definition) is 3. The molecule has 0 saturated carbocycles. The highest BCUT2D eigenvalue weighted by molar-refractivity contribution is 5.54. The molecule has 0 spiro atoms. The molecular weight excluding hydrogens is 186 g/mol. The highest BCUT2D eigenvalue weighted by atomic mass is 14.8. The van der Waals surface area contributed by atoms with Crippen molar-refractivity contribution in [2.75, 3.05) is 18.0 Å². The molecule has 0 aliphatic heterocycles. The van der Waals surface area contributed by atoms with E-state index in [0.29, 0.717) is 0 Å². The molecule has 84 valence electrons. The number of benzene rings is 1. The van der Waals surface area contributed by atoms with E-state index in [1.807, 2.05) is 12.1 Å². The third-order valence-corrected chi connectivity index (χ3v) is 2.32. The first kappa shape index (κ1) is 11.9. The zero-order chi connectivity index (χ0) is 11.1. The predicted molar refractivity (Wildman–Crippen MR) is 66.5 cm³/mol. The lowest BCUT2D eigenvalue weighted by molar-refractivity contribution is 0.617. The van der Waals surface area contributed by atoms with Crippen molar-refractivity contribution in [3.8, 4) is 0 Å². The van der Waals surface area contributed by atoms with Crippen LogP contribution < -0.4 is 16.8 Å². The van der Waals surface area contributed by atoms with Gasteiger partial charge in [-0.3, -0.25) is 0 Å². The van der Waals surface area contributed by atoms with Gasteiger partial charge in [-0.25, -0.2) is 0 Å². The second kappa shape index (κ2) is 6.30. The van der Waals surface area contributed by atoms with Crippen molar-refractivity contribution in [3.63, 3.8) is 0 Å². The largest absolute Gasteiger partial charge is 0.399 e. The molecule has 3 nitrogen and oxygen atoms in total. The Morgan fingerprint density at radius 2 is 1.73 bits per heavy atom. The molecule has 0 aromatic heterocycles. The Morgan fingerprint density at radius 3 is 2.33 bits per heavy atom. The summed E-state index contributed by atoms with van der Waals surface area (Å²) in [6.45, 7) is 4.11. The van der Waals surface area contributed by atoms with Gasteiger partial charge in [0.25, 0.3) is 0 Å². The quantitative estimate of drug-likeness (QED) is 0.494. The summed E-state index contributed by atoms with van der Waals surface area (Å²) in [5.74, 6) is 0. The fraction of sp³-hybridized carbons (Fsp3) is 0.500. The van der Waals surface area contributed by atoms with E-state index in [1.165, 1.54) is 19.3 Å². The van der Waals surface area contributed by atoms with Gasteiger partial charge in [0.15, 0.2) is 0 Å². The van der Waals surface area contributed by atoms with Gasteiger partial charge >= 0.3 is 0 Å². The molecule has 0 fully saturated rings. The zero-order valence-corrected chi connectivity index (χ0v) is 9.42. The lowest BCUT2D eigenvalue weighted by atomic mass is 10.1.